The van der Waals surface area contributed by atoms with E-state index in [1.807, 2.05) is 0 Å². The van der Waals surface area contributed by atoms with Crippen molar-refractivity contribution in [3.63, 3.8) is 0 Å². The van der Waals surface area contributed by atoms with Gasteiger partial charge in [-0.05, 0) is 44.9 Å². The topological polar surface area (TPSA) is 76.4 Å². The quantitative estimate of drug-likeness (QED) is 0.0717. The third-order valence-electron chi connectivity index (χ3n) is 4.95. The molecule has 166 valence electrons. The molecule has 28 heavy (non-hydrogen) atoms. The number of carbonyl (C=O) groups is 1. The zero-order valence-electron chi connectivity index (χ0n) is 18.5. The highest BCUT2D eigenvalue weighted by atomic mass is 16.5. The number of hydrogen-bond acceptors (Lipinski definition) is 5. The van der Waals surface area contributed by atoms with E-state index in [9.17, 15) is 4.79 Å². The summed E-state index contributed by atoms with van der Waals surface area (Å²) in [6.45, 7) is 3.75. The van der Waals surface area contributed by atoms with Crippen LogP contribution in [0.25, 0.3) is 0 Å². The van der Waals surface area contributed by atoms with Crippen molar-refractivity contribution in [2.75, 3.05) is 13.2 Å². The Hall–Kier alpha value is -0.910. The summed E-state index contributed by atoms with van der Waals surface area (Å²) in [7, 11) is 0. The number of esters is 1. The summed E-state index contributed by atoms with van der Waals surface area (Å²) in [5.74, 6) is 5.12. The van der Waals surface area contributed by atoms with Crippen molar-refractivity contribution in [2.24, 2.45) is 5.84 Å². The number of ether oxygens (including phenoxy) is 1. The van der Waals surface area contributed by atoms with Gasteiger partial charge in [0.15, 0.2) is 0 Å². The lowest BCUT2D eigenvalue weighted by Crippen LogP contribution is -2.38. The number of hydrazine groups is 2. The van der Waals surface area contributed by atoms with E-state index >= 15 is 0 Å². The largest absolute Gasteiger partial charge is 0.466 e. The Morgan fingerprint density at radius 3 is 2.04 bits per heavy atom. The Morgan fingerprint density at radius 2 is 1.36 bits per heavy atom. The smallest absolute Gasteiger partial charge is 0.305 e. The summed E-state index contributed by atoms with van der Waals surface area (Å²) < 4.78 is 5.32. The molecule has 0 bridgehead atoms. The second-order valence-corrected chi connectivity index (χ2v) is 7.69. The van der Waals surface area contributed by atoms with Gasteiger partial charge < -0.3 is 4.74 Å². The molecular weight excluding hydrogens is 350 g/mol. The maximum absolute atomic E-state index is 11.7. The number of nitrogens with one attached hydrogen (secondary N) is 2. The van der Waals surface area contributed by atoms with Crippen molar-refractivity contribution < 1.29 is 9.53 Å². The van der Waals surface area contributed by atoms with Gasteiger partial charge in [-0.1, -0.05) is 76.9 Å². The van der Waals surface area contributed by atoms with Crippen LogP contribution in [0, 0.1) is 0 Å². The Bertz CT molecular complexity index is 349. The first-order valence-corrected chi connectivity index (χ1v) is 11.8. The fraction of sp³-hybridized carbons (Fsp3) is 0.870. The van der Waals surface area contributed by atoms with Crippen LogP contribution in [0.15, 0.2) is 12.2 Å². The summed E-state index contributed by atoms with van der Waals surface area (Å²) in [5.41, 5.74) is 5.34. The molecule has 0 amide bonds. The molecule has 5 heteroatoms. The van der Waals surface area contributed by atoms with Crippen molar-refractivity contribution in [3.05, 3.63) is 12.2 Å². The molecule has 0 atom stereocenters. The van der Waals surface area contributed by atoms with Crippen LogP contribution in [0.2, 0.25) is 0 Å². The third-order valence-corrected chi connectivity index (χ3v) is 4.95. The van der Waals surface area contributed by atoms with Gasteiger partial charge in [0, 0.05) is 13.0 Å². The molecular formula is C23H47N3O2. The van der Waals surface area contributed by atoms with E-state index in [0.29, 0.717) is 13.0 Å². The zero-order chi connectivity index (χ0) is 20.5. The Balaban J connectivity index is 3.21. The zero-order valence-corrected chi connectivity index (χ0v) is 18.5. The molecule has 0 spiro atoms. The van der Waals surface area contributed by atoms with E-state index in [2.05, 4.69) is 30.0 Å². The number of allylic oxidation sites excluding steroid dienone is 2. The van der Waals surface area contributed by atoms with E-state index in [1.165, 1.54) is 57.8 Å². The maximum atomic E-state index is 11.7. The lowest BCUT2D eigenvalue weighted by Gasteiger charge is -2.04. The molecule has 4 N–H and O–H groups in total. The number of carbonyl (C=O) groups excluding carboxylic acids is 1. The summed E-state index contributed by atoms with van der Waals surface area (Å²) in [6, 6.07) is 0. The molecule has 0 fully saturated rings. The Labute approximate surface area is 174 Å². The summed E-state index contributed by atoms with van der Waals surface area (Å²) in [5, 5.41) is 0. The van der Waals surface area contributed by atoms with Crippen LogP contribution in [-0.4, -0.2) is 19.1 Å². The standard InChI is InChI=1S/C23H47N3O2/c1-2-3-4-5-6-11-14-17-20-23(27)28-22-19-16-13-10-8-7-9-12-15-18-21-25-26-24/h8,10,25-26H,2-7,9,11-22,24H2,1H3/b10-8+. The number of nitrogens with two attached hydrogens (primary N) is 1. The van der Waals surface area contributed by atoms with Crippen LogP contribution >= 0.6 is 0 Å². The monoisotopic (exact) mass is 397 g/mol. The molecule has 0 aliphatic rings. The van der Waals surface area contributed by atoms with Crippen molar-refractivity contribution in [1.82, 2.24) is 11.0 Å². The molecule has 0 aromatic heterocycles. The average molecular weight is 398 g/mol. The molecule has 0 aliphatic carbocycles. The Kier molecular flexibility index (Phi) is 23.3. The van der Waals surface area contributed by atoms with Crippen LogP contribution in [0.1, 0.15) is 116 Å². The lowest BCUT2D eigenvalue weighted by atomic mass is 10.1. The van der Waals surface area contributed by atoms with E-state index in [1.54, 1.807) is 0 Å². The summed E-state index contributed by atoms with van der Waals surface area (Å²) in [4.78, 5) is 11.7. The SMILES string of the molecule is CCCCCCCCCCC(=O)OCCCC/C=C/CCCCCCNNN. The molecule has 0 unspecified atom stereocenters. The molecule has 0 saturated carbocycles. The molecule has 0 aromatic rings. The van der Waals surface area contributed by atoms with E-state index in [4.69, 9.17) is 10.6 Å². The van der Waals surface area contributed by atoms with Crippen LogP contribution in [0.5, 0.6) is 0 Å². The van der Waals surface area contributed by atoms with E-state index < -0.39 is 0 Å². The van der Waals surface area contributed by atoms with Crippen molar-refractivity contribution in [1.29, 1.82) is 0 Å². The fourth-order valence-corrected chi connectivity index (χ4v) is 3.16. The van der Waals surface area contributed by atoms with Gasteiger partial charge >= 0.3 is 5.97 Å². The first kappa shape index (κ1) is 27.1. The summed E-state index contributed by atoms with van der Waals surface area (Å²) in [6.07, 6.45) is 24.5. The molecule has 0 rings (SSSR count). The Morgan fingerprint density at radius 1 is 0.786 bits per heavy atom. The van der Waals surface area contributed by atoms with Gasteiger partial charge in [-0.2, -0.15) is 5.53 Å². The number of rotatable bonds is 22. The normalized spacial score (nSPS) is 11.4. The highest BCUT2D eigenvalue weighted by Gasteiger charge is 2.02. The van der Waals surface area contributed by atoms with Gasteiger partial charge in [-0.15, -0.1) is 0 Å². The van der Waals surface area contributed by atoms with E-state index in [0.717, 1.165) is 51.5 Å². The van der Waals surface area contributed by atoms with Crippen LogP contribution in [0.4, 0.5) is 0 Å². The molecule has 0 aliphatic heterocycles. The summed E-state index contributed by atoms with van der Waals surface area (Å²) >= 11 is 0. The molecule has 0 saturated heterocycles. The highest BCUT2D eigenvalue weighted by molar-refractivity contribution is 5.69. The number of hydrogen-bond donors (Lipinski definition) is 3. The molecule has 5 nitrogen and oxygen atoms in total. The minimum atomic E-state index is -0.0148. The predicted molar refractivity (Wildman–Crippen MR) is 120 cm³/mol. The predicted octanol–water partition coefficient (Wildman–Crippen LogP) is 5.71. The second kappa shape index (κ2) is 24.1. The van der Waals surface area contributed by atoms with Gasteiger partial charge in [0.25, 0.3) is 0 Å². The fourth-order valence-electron chi connectivity index (χ4n) is 3.16. The van der Waals surface area contributed by atoms with Crippen LogP contribution in [-0.2, 0) is 9.53 Å². The highest BCUT2D eigenvalue weighted by Crippen LogP contribution is 2.10. The maximum Gasteiger partial charge on any atom is 0.305 e. The third kappa shape index (κ3) is 23.1. The van der Waals surface area contributed by atoms with Gasteiger partial charge in [0.1, 0.15) is 0 Å². The van der Waals surface area contributed by atoms with Gasteiger partial charge in [-0.25, -0.2) is 5.43 Å². The van der Waals surface area contributed by atoms with Gasteiger partial charge in [0.05, 0.1) is 6.61 Å². The second-order valence-electron chi connectivity index (χ2n) is 7.69. The molecule has 0 aromatic carbocycles. The average Bonchev–Trinajstić information content (AvgIpc) is 2.70. The minimum absolute atomic E-state index is 0.0148. The number of unbranched alkanes of at least 4 members (excludes halogenated alkanes) is 13. The van der Waals surface area contributed by atoms with E-state index in [-0.39, 0.29) is 5.97 Å². The van der Waals surface area contributed by atoms with Gasteiger partial charge in [0.2, 0.25) is 0 Å². The molecule has 0 radical (unpaired) electrons. The minimum Gasteiger partial charge on any atom is -0.466 e. The van der Waals surface area contributed by atoms with Crippen molar-refractivity contribution in [2.45, 2.75) is 116 Å². The van der Waals surface area contributed by atoms with Crippen molar-refractivity contribution in [3.8, 4) is 0 Å². The van der Waals surface area contributed by atoms with Crippen molar-refractivity contribution >= 4 is 5.97 Å². The van der Waals surface area contributed by atoms with Crippen LogP contribution in [0.3, 0.4) is 0 Å². The first-order valence-electron chi connectivity index (χ1n) is 11.8. The van der Waals surface area contributed by atoms with Crippen LogP contribution < -0.4 is 16.8 Å². The lowest BCUT2D eigenvalue weighted by molar-refractivity contribution is -0.143. The first-order chi connectivity index (χ1) is 13.8. The van der Waals surface area contributed by atoms with Gasteiger partial charge in [-0.3, -0.25) is 10.6 Å². The molecule has 0 heterocycles.